The van der Waals surface area contributed by atoms with Crippen LogP contribution in [0.1, 0.15) is 17.3 Å². The number of carbonyl (C=O) groups excluding carboxylic acids is 1. The molecule has 0 saturated heterocycles. The summed E-state index contributed by atoms with van der Waals surface area (Å²) in [5, 5.41) is 0.528. The van der Waals surface area contributed by atoms with Crippen molar-refractivity contribution in [3.05, 3.63) is 47.1 Å². The van der Waals surface area contributed by atoms with Crippen molar-refractivity contribution in [2.75, 3.05) is 12.3 Å². The summed E-state index contributed by atoms with van der Waals surface area (Å²) in [4.78, 5) is 15.5. The lowest BCUT2D eigenvalue weighted by molar-refractivity contribution is 0.0526. The summed E-state index contributed by atoms with van der Waals surface area (Å²) in [7, 11) is 0. The van der Waals surface area contributed by atoms with Crippen molar-refractivity contribution in [3.8, 4) is 11.6 Å². The topological polar surface area (TPSA) is 74.4 Å². The number of aromatic nitrogens is 1. The molecular weight excluding hydrogens is 280 g/mol. The van der Waals surface area contributed by atoms with Gasteiger partial charge in [0, 0.05) is 17.3 Å². The number of benzene rings is 1. The Morgan fingerprint density at radius 1 is 1.35 bits per heavy atom. The van der Waals surface area contributed by atoms with Crippen molar-refractivity contribution < 1.29 is 14.3 Å². The van der Waals surface area contributed by atoms with E-state index in [0.29, 0.717) is 34.5 Å². The van der Waals surface area contributed by atoms with E-state index in [1.807, 2.05) is 0 Å². The van der Waals surface area contributed by atoms with E-state index in [2.05, 4.69) is 4.98 Å². The predicted molar refractivity (Wildman–Crippen MR) is 76.1 cm³/mol. The molecule has 2 rings (SSSR count). The molecular formula is C14H13ClN2O3. The first-order chi connectivity index (χ1) is 9.60. The fourth-order valence-corrected chi connectivity index (χ4v) is 1.68. The van der Waals surface area contributed by atoms with Crippen LogP contribution in [0.2, 0.25) is 5.02 Å². The van der Waals surface area contributed by atoms with E-state index in [1.165, 1.54) is 6.20 Å². The SMILES string of the molecule is CCOC(=O)c1ccc(Oc2ccc(Cl)cc2N)nc1. The van der Waals surface area contributed by atoms with Gasteiger partial charge in [-0.1, -0.05) is 11.6 Å². The molecule has 1 aromatic heterocycles. The van der Waals surface area contributed by atoms with Crippen molar-refractivity contribution in [3.63, 3.8) is 0 Å². The van der Waals surface area contributed by atoms with Gasteiger partial charge in [0.25, 0.3) is 0 Å². The van der Waals surface area contributed by atoms with Gasteiger partial charge in [0.05, 0.1) is 17.9 Å². The van der Waals surface area contributed by atoms with Crippen LogP contribution in [0.4, 0.5) is 5.69 Å². The monoisotopic (exact) mass is 292 g/mol. The molecule has 0 saturated carbocycles. The van der Waals surface area contributed by atoms with E-state index in [1.54, 1.807) is 37.3 Å². The van der Waals surface area contributed by atoms with Crippen LogP contribution in [0.15, 0.2) is 36.5 Å². The first kappa shape index (κ1) is 14.1. The molecule has 2 aromatic rings. The van der Waals surface area contributed by atoms with Gasteiger partial charge in [-0.2, -0.15) is 0 Å². The zero-order chi connectivity index (χ0) is 14.5. The summed E-state index contributed by atoms with van der Waals surface area (Å²) in [6.07, 6.45) is 1.39. The zero-order valence-electron chi connectivity index (χ0n) is 10.8. The zero-order valence-corrected chi connectivity index (χ0v) is 11.6. The molecule has 6 heteroatoms. The molecule has 5 nitrogen and oxygen atoms in total. The highest BCUT2D eigenvalue weighted by atomic mass is 35.5. The first-order valence-electron chi connectivity index (χ1n) is 5.96. The average molecular weight is 293 g/mol. The minimum atomic E-state index is -0.419. The Balaban J connectivity index is 2.12. The maximum Gasteiger partial charge on any atom is 0.339 e. The molecule has 20 heavy (non-hydrogen) atoms. The lowest BCUT2D eigenvalue weighted by Gasteiger charge is -2.08. The van der Waals surface area contributed by atoms with E-state index in [9.17, 15) is 4.79 Å². The van der Waals surface area contributed by atoms with E-state index in [4.69, 9.17) is 26.8 Å². The van der Waals surface area contributed by atoms with Crippen molar-refractivity contribution >= 4 is 23.3 Å². The number of pyridine rings is 1. The van der Waals surface area contributed by atoms with Crippen LogP contribution >= 0.6 is 11.6 Å². The first-order valence-corrected chi connectivity index (χ1v) is 6.34. The van der Waals surface area contributed by atoms with Gasteiger partial charge < -0.3 is 15.2 Å². The molecule has 1 aromatic carbocycles. The summed E-state index contributed by atoms with van der Waals surface area (Å²) >= 11 is 5.80. The molecule has 0 amide bonds. The van der Waals surface area contributed by atoms with Crippen LogP contribution < -0.4 is 10.5 Å². The van der Waals surface area contributed by atoms with Gasteiger partial charge in [0.15, 0.2) is 5.75 Å². The number of esters is 1. The number of nitrogen functional groups attached to an aromatic ring is 1. The maximum absolute atomic E-state index is 11.5. The van der Waals surface area contributed by atoms with Gasteiger partial charge in [0.1, 0.15) is 0 Å². The van der Waals surface area contributed by atoms with Crippen LogP contribution in [0, 0.1) is 0 Å². The normalized spacial score (nSPS) is 10.1. The summed E-state index contributed by atoms with van der Waals surface area (Å²) in [5.74, 6) is 0.357. The second-order valence-electron chi connectivity index (χ2n) is 3.89. The lowest BCUT2D eigenvalue weighted by atomic mass is 10.3. The fourth-order valence-electron chi connectivity index (χ4n) is 1.50. The minimum Gasteiger partial charge on any atom is -0.462 e. The summed E-state index contributed by atoms with van der Waals surface area (Å²) in [5.41, 5.74) is 6.55. The highest BCUT2D eigenvalue weighted by molar-refractivity contribution is 6.30. The number of anilines is 1. The maximum atomic E-state index is 11.5. The number of nitrogens with zero attached hydrogens (tertiary/aromatic N) is 1. The summed E-state index contributed by atoms with van der Waals surface area (Å²) < 4.78 is 10.4. The third-order valence-electron chi connectivity index (χ3n) is 2.43. The molecule has 2 N–H and O–H groups in total. The molecule has 0 aliphatic carbocycles. The number of halogens is 1. The molecule has 0 aliphatic rings. The quantitative estimate of drug-likeness (QED) is 0.691. The Morgan fingerprint density at radius 3 is 2.75 bits per heavy atom. The standard InChI is InChI=1S/C14H13ClN2O3/c1-2-19-14(18)9-3-6-13(17-8-9)20-12-5-4-10(15)7-11(12)16/h3-8H,2,16H2,1H3. The fraction of sp³-hybridized carbons (Fsp3) is 0.143. The van der Waals surface area contributed by atoms with Crippen LogP contribution in [0.25, 0.3) is 0 Å². The second kappa shape index (κ2) is 6.25. The number of ether oxygens (including phenoxy) is 2. The van der Waals surface area contributed by atoms with E-state index >= 15 is 0 Å². The molecule has 0 bridgehead atoms. The van der Waals surface area contributed by atoms with Crippen molar-refractivity contribution in [2.45, 2.75) is 6.92 Å². The number of rotatable bonds is 4. The van der Waals surface area contributed by atoms with E-state index < -0.39 is 5.97 Å². The molecule has 1 heterocycles. The van der Waals surface area contributed by atoms with Crippen molar-refractivity contribution in [1.29, 1.82) is 0 Å². The number of carbonyl (C=O) groups is 1. The number of nitrogens with two attached hydrogens (primary N) is 1. The largest absolute Gasteiger partial charge is 0.462 e. The molecule has 104 valence electrons. The number of hydrogen-bond acceptors (Lipinski definition) is 5. The number of hydrogen-bond donors (Lipinski definition) is 1. The molecule has 0 spiro atoms. The van der Waals surface area contributed by atoms with Gasteiger partial charge in [0.2, 0.25) is 5.88 Å². The Hall–Kier alpha value is -2.27. The van der Waals surface area contributed by atoms with Gasteiger partial charge in [-0.05, 0) is 31.2 Å². The smallest absolute Gasteiger partial charge is 0.339 e. The van der Waals surface area contributed by atoms with Crippen molar-refractivity contribution in [1.82, 2.24) is 4.98 Å². The second-order valence-corrected chi connectivity index (χ2v) is 4.33. The highest BCUT2D eigenvalue weighted by Crippen LogP contribution is 2.28. The van der Waals surface area contributed by atoms with E-state index in [-0.39, 0.29) is 0 Å². The average Bonchev–Trinajstić information content (AvgIpc) is 2.43. The molecule has 0 radical (unpaired) electrons. The predicted octanol–water partition coefficient (Wildman–Crippen LogP) is 3.29. The van der Waals surface area contributed by atoms with Gasteiger partial charge >= 0.3 is 5.97 Å². The van der Waals surface area contributed by atoms with Crippen LogP contribution in [0.3, 0.4) is 0 Å². The van der Waals surface area contributed by atoms with Crippen molar-refractivity contribution in [2.24, 2.45) is 0 Å². The van der Waals surface area contributed by atoms with Gasteiger partial charge in [-0.15, -0.1) is 0 Å². The Labute approximate surface area is 121 Å². The summed E-state index contributed by atoms with van der Waals surface area (Å²) in [6.45, 7) is 2.06. The molecule has 0 aliphatic heterocycles. The summed E-state index contributed by atoms with van der Waals surface area (Å²) in [6, 6.07) is 8.05. The third kappa shape index (κ3) is 3.39. The molecule has 0 atom stereocenters. The van der Waals surface area contributed by atoms with Crippen LogP contribution in [-0.4, -0.2) is 17.6 Å². The Bertz CT molecular complexity index is 614. The molecule has 0 unspecified atom stereocenters. The third-order valence-corrected chi connectivity index (χ3v) is 2.67. The van der Waals surface area contributed by atoms with Gasteiger partial charge in [-0.3, -0.25) is 0 Å². The van der Waals surface area contributed by atoms with E-state index in [0.717, 1.165) is 0 Å². The highest BCUT2D eigenvalue weighted by Gasteiger charge is 2.08. The molecule has 0 fully saturated rings. The van der Waals surface area contributed by atoms with Crippen LogP contribution in [0.5, 0.6) is 11.6 Å². The Kier molecular flexibility index (Phi) is 4.42. The minimum absolute atomic E-state index is 0.318. The lowest BCUT2D eigenvalue weighted by Crippen LogP contribution is -2.05. The van der Waals surface area contributed by atoms with Crippen LogP contribution in [-0.2, 0) is 4.74 Å². The Morgan fingerprint density at radius 2 is 2.15 bits per heavy atom. The van der Waals surface area contributed by atoms with Gasteiger partial charge in [-0.25, -0.2) is 9.78 Å².